The van der Waals surface area contributed by atoms with Crippen LogP contribution in [0.2, 0.25) is 10.0 Å². The Morgan fingerprint density at radius 2 is 1.30 bits per heavy atom. The Kier molecular flexibility index (Phi) is 7.83. The summed E-state index contributed by atoms with van der Waals surface area (Å²) in [5, 5.41) is 3.34. The fourth-order valence-corrected chi connectivity index (χ4v) is 4.40. The summed E-state index contributed by atoms with van der Waals surface area (Å²) in [5.74, 6) is -1.16. The number of aryl methyl sites for hydroxylation is 2. The van der Waals surface area contributed by atoms with Crippen LogP contribution in [0.25, 0.3) is 33.5 Å². The molecular weight excluding hydrogens is 545 g/mol. The molecule has 0 aliphatic heterocycles. The van der Waals surface area contributed by atoms with E-state index < -0.39 is 18.0 Å². The third-order valence-electron chi connectivity index (χ3n) is 6.39. The van der Waals surface area contributed by atoms with Gasteiger partial charge in [-0.15, -0.1) is 0 Å². The van der Waals surface area contributed by atoms with E-state index in [0.717, 1.165) is 27.9 Å². The van der Waals surface area contributed by atoms with Gasteiger partial charge in [0.1, 0.15) is 0 Å². The van der Waals surface area contributed by atoms with Gasteiger partial charge in [-0.3, -0.25) is 4.79 Å². The lowest BCUT2D eigenvalue weighted by Gasteiger charge is -2.15. The molecule has 1 heterocycles. The first-order valence-corrected chi connectivity index (χ1v) is 13.4. The number of carbonyl (C=O) groups excluding carboxylic acids is 2. The van der Waals surface area contributed by atoms with E-state index in [1.807, 2.05) is 62.4 Å². The SMILES string of the molecule is Cc1ccc(-c2nc3ccc(C(=O)OC(C)C(=O)Nc4ccc(Cl)c(Cl)c4)cc3nc2-c2ccc(C)cc2)cc1. The molecule has 200 valence electrons. The van der Waals surface area contributed by atoms with Crippen molar-refractivity contribution < 1.29 is 14.3 Å². The van der Waals surface area contributed by atoms with Crippen molar-refractivity contribution in [3.8, 4) is 22.5 Å². The molecule has 1 amide bonds. The molecule has 0 aliphatic carbocycles. The number of hydrogen-bond acceptors (Lipinski definition) is 5. The van der Waals surface area contributed by atoms with Crippen LogP contribution in [0.15, 0.2) is 84.9 Å². The number of nitrogens with one attached hydrogen (secondary N) is 1. The fourth-order valence-electron chi connectivity index (χ4n) is 4.11. The minimum atomic E-state index is -1.06. The van der Waals surface area contributed by atoms with E-state index in [1.165, 1.54) is 13.0 Å². The number of esters is 1. The minimum absolute atomic E-state index is 0.258. The highest BCUT2D eigenvalue weighted by Crippen LogP contribution is 2.32. The smallest absolute Gasteiger partial charge is 0.338 e. The molecular formula is C32H25Cl2N3O3. The van der Waals surface area contributed by atoms with Crippen molar-refractivity contribution in [1.82, 2.24) is 9.97 Å². The van der Waals surface area contributed by atoms with Crippen LogP contribution in [-0.4, -0.2) is 27.9 Å². The van der Waals surface area contributed by atoms with E-state index in [0.29, 0.717) is 32.5 Å². The summed E-state index contributed by atoms with van der Waals surface area (Å²) in [6.45, 7) is 5.56. The van der Waals surface area contributed by atoms with Crippen LogP contribution in [0.3, 0.4) is 0 Å². The quantitative estimate of drug-likeness (QED) is 0.209. The lowest BCUT2D eigenvalue weighted by molar-refractivity contribution is -0.123. The minimum Gasteiger partial charge on any atom is -0.449 e. The number of aromatic nitrogens is 2. The van der Waals surface area contributed by atoms with Crippen molar-refractivity contribution in [3.05, 3.63) is 112 Å². The molecule has 5 aromatic rings. The number of carbonyl (C=O) groups is 2. The molecule has 0 saturated heterocycles. The maximum absolute atomic E-state index is 13.0. The van der Waals surface area contributed by atoms with Crippen molar-refractivity contribution in [2.24, 2.45) is 0 Å². The Balaban J connectivity index is 1.43. The summed E-state index contributed by atoms with van der Waals surface area (Å²) in [5.41, 5.74) is 7.47. The second-order valence-corrected chi connectivity index (χ2v) is 10.3. The number of fused-ring (bicyclic) bond motifs is 1. The Morgan fingerprint density at radius 1 is 0.725 bits per heavy atom. The zero-order valence-corrected chi connectivity index (χ0v) is 23.5. The van der Waals surface area contributed by atoms with Crippen molar-refractivity contribution in [2.45, 2.75) is 26.9 Å². The van der Waals surface area contributed by atoms with Gasteiger partial charge in [-0.25, -0.2) is 14.8 Å². The highest BCUT2D eigenvalue weighted by Gasteiger charge is 2.21. The van der Waals surface area contributed by atoms with Gasteiger partial charge in [0.05, 0.1) is 38.0 Å². The third-order valence-corrected chi connectivity index (χ3v) is 7.13. The van der Waals surface area contributed by atoms with Crippen LogP contribution in [0.4, 0.5) is 5.69 Å². The molecule has 0 spiro atoms. The largest absolute Gasteiger partial charge is 0.449 e. The van der Waals surface area contributed by atoms with Crippen LogP contribution >= 0.6 is 23.2 Å². The number of anilines is 1. The zero-order chi connectivity index (χ0) is 28.4. The van der Waals surface area contributed by atoms with Crippen molar-refractivity contribution in [2.75, 3.05) is 5.32 Å². The molecule has 1 atom stereocenters. The number of amides is 1. The first-order chi connectivity index (χ1) is 19.2. The number of rotatable bonds is 6. The molecule has 0 radical (unpaired) electrons. The first kappa shape index (κ1) is 27.3. The number of nitrogens with zero attached hydrogens (tertiary/aromatic N) is 2. The lowest BCUT2D eigenvalue weighted by Crippen LogP contribution is -2.30. The van der Waals surface area contributed by atoms with Crippen molar-refractivity contribution in [3.63, 3.8) is 0 Å². The summed E-state index contributed by atoms with van der Waals surface area (Å²) < 4.78 is 5.45. The van der Waals surface area contributed by atoms with Crippen molar-refractivity contribution >= 4 is 51.8 Å². The molecule has 1 unspecified atom stereocenters. The average molecular weight is 570 g/mol. The number of halogens is 2. The molecule has 1 N–H and O–H groups in total. The summed E-state index contributed by atoms with van der Waals surface area (Å²) in [4.78, 5) is 35.5. The molecule has 5 rings (SSSR count). The third kappa shape index (κ3) is 5.98. The van der Waals surface area contributed by atoms with Crippen LogP contribution in [0.5, 0.6) is 0 Å². The van der Waals surface area contributed by atoms with Crippen LogP contribution in [0, 0.1) is 13.8 Å². The second-order valence-electron chi connectivity index (χ2n) is 9.52. The number of ether oxygens (including phenoxy) is 1. The summed E-state index contributed by atoms with van der Waals surface area (Å²) in [6.07, 6.45) is -1.06. The summed E-state index contributed by atoms with van der Waals surface area (Å²) >= 11 is 11.9. The van der Waals surface area contributed by atoms with Crippen LogP contribution in [0.1, 0.15) is 28.4 Å². The van der Waals surface area contributed by atoms with Crippen LogP contribution in [-0.2, 0) is 9.53 Å². The Labute approximate surface area is 242 Å². The number of benzene rings is 4. The summed E-state index contributed by atoms with van der Waals surface area (Å²) in [6, 6.07) is 25.9. The molecule has 4 aromatic carbocycles. The maximum atomic E-state index is 13.0. The van der Waals surface area contributed by atoms with Gasteiger partial charge in [0.15, 0.2) is 6.10 Å². The first-order valence-electron chi connectivity index (χ1n) is 12.6. The van der Waals surface area contributed by atoms with Gasteiger partial charge in [0, 0.05) is 16.8 Å². The average Bonchev–Trinajstić information content (AvgIpc) is 2.95. The lowest BCUT2D eigenvalue weighted by atomic mass is 10.0. The molecule has 6 nitrogen and oxygen atoms in total. The summed E-state index contributed by atoms with van der Waals surface area (Å²) in [7, 11) is 0. The van der Waals surface area contributed by atoms with Crippen LogP contribution < -0.4 is 5.32 Å². The van der Waals surface area contributed by atoms with Gasteiger partial charge < -0.3 is 10.1 Å². The van der Waals surface area contributed by atoms with E-state index in [4.69, 9.17) is 37.9 Å². The van der Waals surface area contributed by atoms with Gasteiger partial charge in [0.2, 0.25) is 0 Å². The van der Waals surface area contributed by atoms with Gasteiger partial charge in [-0.1, -0.05) is 82.9 Å². The molecule has 0 bridgehead atoms. The molecule has 8 heteroatoms. The molecule has 40 heavy (non-hydrogen) atoms. The Morgan fingerprint density at radius 3 is 1.88 bits per heavy atom. The Bertz CT molecular complexity index is 1740. The van der Waals surface area contributed by atoms with E-state index in [2.05, 4.69) is 5.32 Å². The van der Waals surface area contributed by atoms with Gasteiger partial charge in [0.25, 0.3) is 5.91 Å². The molecule has 0 fully saturated rings. The molecule has 1 aromatic heterocycles. The van der Waals surface area contributed by atoms with Gasteiger partial charge >= 0.3 is 5.97 Å². The fraction of sp³-hybridized carbons (Fsp3) is 0.125. The highest BCUT2D eigenvalue weighted by atomic mass is 35.5. The molecule has 0 aliphatic rings. The second kappa shape index (κ2) is 11.5. The van der Waals surface area contributed by atoms with E-state index >= 15 is 0 Å². The predicted octanol–water partition coefficient (Wildman–Crippen LogP) is 8.07. The monoisotopic (exact) mass is 569 g/mol. The number of hydrogen-bond donors (Lipinski definition) is 1. The normalized spacial score (nSPS) is 11.7. The predicted molar refractivity (Wildman–Crippen MR) is 160 cm³/mol. The standard InChI is InChI=1S/C32H25Cl2N3O3/c1-18-4-8-21(9-5-18)29-30(22-10-6-19(2)7-11-22)37-28-16-23(12-15-27(28)36-29)32(39)40-20(3)31(38)35-24-13-14-25(33)26(34)17-24/h4-17,20H,1-3H3,(H,35,38). The highest BCUT2D eigenvalue weighted by molar-refractivity contribution is 6.42. The Hall–Kier alpha value is -4.26. The zero-order valence-electron chi connectivity index (χ0n) is 22.0. The van der Waals surface area contributed by atoms with E-state index in [1.54, 1.807) is 30.3 Å². The topological polar surface area (TPSA) is 81.2 Å². The molecule has 0 saturated carbocycles. The van der Waals surface area contributed by atoms with E-state index in [-0.39, 0.29) is 5.56 Å². The van der Waals surface area contributed by atoms with E-state index in [9.17, 15) is 9.59 Å². The van der Waals surface area contributed by atoms with Gasteiger partial charge in [-0.05, 0) is 57.2 Å². The van der Waals surface area contributed by atoms with Crippen molar-refractivity contribution in [1.29, 1.82) is 0 Å². The maximum Gasteiger partial charge on any atom is 0.338 e. The van der Waals surface area contributed by atoms with Gasteiger partial charge in [-0.2, -0.15) is 0 Å².